The van der Waals surface area contributed by atoms with Crippen LogP contribution in [0.25, 0.3) is 0 Å². The van der Waals surface area contributed by atoms with Gasteiger partial charge in [-0.3, -0.25) is 0 Å². The van der Waals surface area contributed by atoms with Gasteiger partial charge in [0.15, 0.2) is 0 Å². The summed E-state index contributed by atoms with van der Waals surface area (Å²) >= 11 is 0. The molecule has 1 saturated heterocycles. The first-order valence-electron chi connectivity index (χ1n) is 6.02. The van der Waals surface area contributed by atoms with Crippen molar-refractivity contribution in [2.24, 2.45) is 0 Å². The highest BCUT2D eigenvalue weighted by molar-refractivity contribution is 5.77. The summed E-state index contributed by atoms with van der Waals surface area (Å²) in [7, 11) is 1.68. The monoisotopic (exact) mass is 252 g/mol. The Morgan fingerprint density at radius 1 is 1.44 bits per heavy atom. The normalized spacial score (nSPS) is 19.7. The zero-order valence-electron chi connectivity index (χ0n) is 10.3. The SMILES string of the molecule is CN1C(=O)N(CCCO)CC1c1ccccc1F. The molecule has 0 saturated carbocycles. The molecule has 1 aliphatic heterocycles. The van der Waals surface area contributed by atoms with E-state index < -0.39 is 0 Å². The van der Waals surface area contributed by atoms with E-state index in [1.807, 2.05) is 0 Å². The summed E-state index contributed by atoms with van der Waals surface area (Å²) in [5, 5.41) is 8.79. The zero-order valence-corrected chi connectivity index (χ0v) is 10.3. The lowest BCUT2D eigenvalue weighted by molar-refractivity contribution is 0.190. The molecule has 0 spiro atoms. The molecule has 0 aromatic heterocycles. The first-order chi connectivity index (χ1) is 8.65. The summed E-state index contributed by atoms with van der Waals surface area (Å²) in [6, 6.07) is 6.16. The molecule has 18 heavy (non-hydrogen) atoms. The first-order valence-corrected chi connectivity index (χ1v) is 6.02. The number of hydrogen-bond donors (Lipinski definition) is 1. The van der Waals surface area contributed by atoms with E-state index in [0.717, 1.165) is 0 Å². The van der Waals surface area contributed by atoms with Crippen LogP contribution in [0.5, 0.6) is 0 Å². The average Bonchev–Trinajstić information content (AvgIpc) is 2.65. The van der Waals surface area contributed by atoms with Crippen molar-refractivity contribution in [3.8, 4) is 0 Å². The van der Waals surface area contributed by atoms with Crippen LogP contribution in [0.2, 0.25) is 0 Å². The molecular weight excluding hydrogens is 235 g/mol. The van der Waals surface area contributed by atoms with Crippen molar-refractivity contribution in [1.82, 2.24) is 9.80 Å². The van der Waals surface area contributed by atoms with E-state index in [9.17, 15) is 9.18 Å². The van der Waals surface area contributed by atoms with Gasteiger partial charge in [-0.25, -0.2) is 9.18 Å². The molecule has 1 aromatic carbocycles. The fourth-order valence-corrected chi connectivity index (χ4v) is 2.27. The Hall–Kier alpha value is -1.62. The molecule has 2 rings (SSSR count). The van der Waals surface area contributed by atoms with E-state index in [-0.39, 0.29) is 24.5 Å². The molecule has 1 heterocycles. The van der Waals surface area contributed by atoms with Gasteiger partial charge in [-0.2, -0.15) is 0 Å². The van der Waals surface area contributed by atoms with Gasteiger partial charge in [0.1, 0.15) is 5.82 Å². The number of likely N-dealkylation sites (N-methyl/N-ethyl adjacent to an activating group) is 1. The third kappa shape index (κ3) is 2.31. The lowest BCUT2D eigenvalue weighted by Gasteiger charge is -2.18. The molecule has 1 atom stereocenters. The molecule has 2 amide bonds. The van der Waals surface area contributed by atoms with Crippen molar-refractivity contribution in [2.75, 3.05) is 26.7 Å². The molecule has 0 bridgehead atoms. The van der Waals surface area contributed by atoms with Crippen LogP contribution in [-0.4, -0.2) is 47.7 Å². The van der Waals surface area contributed by atoms with E-state index in [1.165, 1.54) is 6.07 Å². The number of amides is 2. The van der Waals surface area contributed by atoms with E-state index in [2.05, 4.69) is 0 Å². The molecule has 1 unspecified atom stereocenters. The molecule has 0 radical (unpaired) electrons. The highest BCUT2D eigenvalue weighted by atomic mass is 19.1. The molecule has 1 aromatic rings. The van der Waals surface area contributed by atoms with Gasteiger partial charge in [-0.1, -0.05) is 18.2 Å². The first kappa shape index (κ1) is 12.8. The smallest absolute Gasteiger partial charge is 0.320 e. The van der Waals surface area contributed by atoms with Crippen molar-refractivity contribution < 1.29 is 14.3 Å². The number of benzene rings is 1. The largest absolute Gasteiger partial charge is 0.396 e. The van der Waals surface area contributed by atoms with Gasteiger partial charge >= 0.3 is 6.03 Å². The number of hydrogen-bond acceptors (Lipinski definition) is 2. The maximum absolute atomic E-state index is 13.7. The second kappa shape index (κ2) is 5.35. The van der Waals surface area contributed by atoms with Crippen LogP contribution in [0.4, 0.5) is 9.18 Å². The summed E-state index contributed by atoms with van der Waals surface area (Å²) < 4.78 is 13.7. The number of nitrogens with zero attached hydrogens (tertiary/aromatic N) is 2. The number of aliphatic hydroxyl groups excluding tert-OH is 1. The van der Waals surface area contributed by atoms with Gasteiger partial charge < -0.3 is 14.9 Å². The highest BCUT2D eigenvalue weighted by Gasteiger charge is 2.36. The Kier molecular flexibility index (Phi) is 3.81. The van der Waals surface area contributed by atoms with Crippen molar-refractivity contribution in [2.45, 2.75) is 12.5 Å². The Labute approximate surface area is 106 Å². The Morgan fingerprint density at radius 3 is 2.83 bits per heavy atom. The number of carbonyl (C=O) groups is 1. The van der Waals surface area contributed by atoms with Crippen LogP contribution in [0.3, 0.4) is 0 Å². The van der Waals surface area contributed by atoms with Gasteiger partial charge in [0.05, 0.1) is 6.04 Å². The van der Waals surface area contributed by atoms with Crippen LogP contribution < -0.4 is 0 Å². The fourth-order valence-electron chi connectivity index (χ4n) is 2.27. The predicted octanol–water partition coefficient (Wildman–Crippen LogP) is 1.62. The van der Waals surface area contributed by atoms with Crippen molar-refractivity contribution in [1.29, 1.82) is 0 Å². The van der Waals surface area contributed by atoms with Crippen LogP contribution >= 0.6 is 0 Å². The minimum Gasteiger partial charge on any atom is -0.396 e. The third-order valence-electron chi connectivity index (χ3n) is 3.28. The second-order valence-corrected chi connectivity index (χ2v) is 4.45. The van der Waals surface area contributed by atoms with E-state index >= 15 is 0 Å². The summed E-state index contributed by atoms with van der Waals surface area (Å²) in [6.45, 7) is 1.03. The molecule has 1 fully saturated rings. The van der Waals surface area contributed by atoms with Crippen LogP contribution in [0.15, 0.2) is 24.3 Å². The van der Waals surface area contributed by atoms with E-state index in [1.54, 1.807) is 35.0 Å². The number of rotatable bonds is 4. The van der Waals surface area contributed by atoms with Crippen molar-refractivity contribution >= 4 is 6.03 Å². The van der Waals surface area contributed by atoms with Crippen molar-refractivity contribution in [3.05, 3.63) is 35.6 Å². The van der Waals surface area contributed by atoms with Gasteiger partial charge in [-0.15, -0.1) is 0 Å². The lowest BCUT2D eigenvalue weighted by atomic mass is 10.1. The number of urea groups is 1. The maximum atomic E-state index is 13.7. The quantitative estimate of drug-likeness (QED) is 0.885. The summed E-state index contributed by atoms with van der Waals surface area (Å²) in [5.74, 6) is -0.286. The topological polar surface area (TPSA) is 43.8 Å². The van der Waals surface area contributed by atoms with Gasteiger partial charge in [0.25, 0.3) is 0 Å². The third-order valence-corrected chi connectivity index (χ3v) is 3.28. The molecular formula is C13H17FN2O2. The van der Waals surface area contributed by atoms with Crippen LogP contribution in [0.1, 0.15) is 18.0 Å². The van der Waals surface area contributed by atoms with Crippen LogP contribution in [-0.2, 0) is 0 Å². The van der Waals surface area contributed by atoms with Crippen molar-refractivity contribution in [3.63, 3.8) is 0 Å². The molecule has 98 valence electrons. The fraction of sp³-hybridized carbons (Fsp3) is 0.462. The standard InChI is InChI=1S/C13H17FN2O2/c1-15-12(10-5-2-3-6-11(10)14)9-16(13(15)18)7-4-8-17/h2-3,5-6,12,17H,4,7-9H2,1H3. The number of carbonyl (C=O) groups excluding carboxylic acids is 1. The summed E-state index contributed by atoms with van der Waals surface area (Å²) in [5.41, 5.74) is 0.542. The van der Waals surface area contributed by atoms with Crippen LogP contribution in [0, 0.1) is 5.82 Å². The molecule has 0 aliphatic carbocycles. The van der Waals surface area contributed by atoms with Gasteiger partial charge in [0, 0.05) is 32.3 Å². The molecule has 1 aliphatic rings. The average molecular weight is 252 g/mol. The highest BCUT2D eigenvalue weighted by Crippen LogP contribution is 2.29. The van der Waals surface area contributed by atoms with Gasteiger partial charge in [0.2, 0.25) is 0 Å². The van der Waals surface area contributed by atoms with E-state index in [0.29, 0.717) is 25.1 Å². The number of halogens is 1. The predicted molar refractivity (Wildman–Crippen MR) is 65.6 cm³/mol. The molecule has 4 nitrogen and oxygen atoms in total. The molecule has 5 heteroatoms. The second-order valence-electron chi connectivity index (χ2n) is 4.45. The minimum atomic E-state index is -0.286. The van der Waals surface area contributed by atoms with E-state index in [4.69, 9.17) is 5.11 Å². The number of aliphatic hydroxyl groups is 1. The Bertz CT molecular complexity index is 439. The summed E-state index contributed by atoms with van der Waals surface area (Å²) in [4.78, 5) is 15.2. The summed E-state index contributed by atoms with van der Waals surface area (Å²) in [6.07, 6.45) is 0.545. The minimum absolute atomic E-state index is 0.0534. The van der Waals surface area contributed by atoms with Gasteiger partial charge in [-0.05, 0) is 12.5 Å². The lowest BCUT2D eigenvalue weighted by Crippen LogP contribution is -2.30. The Morgan fingerprint density at radius 2 is 2.17 bits per heavy atom. The molecule has 1 N–H and O–H groups in total. The maximum Gasteiger partial charge on any atom is 0.320 e. The Balaban J connectivity index is 2.16. The zero-order chi connectivity index (χ0) is 13.1.